The maximum Gasteiger partial charge on any atom is 1.00 e. The number of aromatic nitrogens is 2. The molecule has 6 heterocycles. The Kier molecular flexibility index (Phi) is 25.4. The Labute approximate surface area is 466 Å². The molecule has 416 valence electrons. The molecule has 10 rings (SSSR count). The van der Waals surface area contributed by atoms with Crippen molar-refractivity contribution in [1.29, 1.82) is 0 Å². The van der Waals surface area contributed by atoms with E-state index in [0.717, 1.165) is 102 Å². The molecule has 4 unspecified atom stereocenters. The fourth-order valence-electron chi connectivity index (χ4n) is 12.0. The molecule has 4 fully saturated rings. The topological polar surface area (TPSA) is 183 Å². The number of ether oxygens (including phenoxy) is 5. The van der Waals surface area contributed by atoms with Crippen molar-refractivity contribution in [3.8, 4) is 0 Å². The first-order valence-corrected chi connectivity index (χ1v) is 27.9. The zero-order valence-corrected chi connectivity index (χ0v) is 45.8. The Hall–Kier alpha value is -4.18. The van der Waals surface area contributed by atoms with Crippen molar-refractivity contribution in [2.24, 2.45) is 0 Å². The van der Waals surface area contributed by atoms with Gasteiger partial charge in [-0.25, -0.2) is 13.6 Å². The van der Waals surface area contributed by atoms with Crippen LogP contribution in [0.4, 0.5) is 8.78 Å². The van der Waals surface area contributed by atoms with Gasteiger partial charge in [-0.05, 0) is 185 Å². The Morgan fingerprint density at radius 2 is 1.10 bits per heavy atom. The van der Waals surface area contributed by atoms with Crippen LogP contribution in [0.1, 0.15) is 157 Å². The molecule has 0 spiro atoms. The fraction of sp³-hybridized carbons (Fsp3) is 0.600. The van der Waals surface area contributed by atoms with E-state index in [2.05, 4.69) is 29.2 Å². The van der Waals surface area contributed by atoms with Crippen LogP contribution in [0, 0.1) is 11.6 Å². The van der Waals surface area contributed by atoms with Crippen LogP contribution in [0.5, 0.6) is 0 Å². The van der Waals surface area contributed by atoms with Gasteiger partial charge >= 0.3 is 30.8 Å². The van der Waals surface area contributed by atoms with Crippen molar-refractivity contribution >= 4 is 11.9 Å². The zero-order chi connectivity index (χ0) is 52.5. The summed E-state index contributed by atoms with van der Waals surface area (Å²) < 4.78 is 57.1. The van der Waals surface area contributed by atoms with Gasteiger partial charge in [0, 0.05) is 94.3 Å². The summed E-state index contributed by atoms with van der Waals surface area (Å²) in [5.41, 5.74) is 10.9. The Morgan fingerprint density at radius 1 is 0.649 bits per heavy atom. The van der Waals surface area contributed by atoms with E-state index in [1.165, 1.54) is 97.4 Å². The van der Waals surface area contributed by atoms with Gasteiger partial charge in [0.1, 0.15) is 23.7 Å². The number of methoxy groups -OCH3 is 1. The van der Waals surface area contributed by atoms with Crippen LogP contribution >= 0.6 is 0 Å². The van der Waals surface area contributed by atoms with E-state index in [-0.39, 0.29) is 60.2 Å². The van der Waals surface area contributed by atoms with Crippen molar-refractivity contribution in [1.82, 2.24) is 19.8 Å². The molecule has 4 aromatic rings. The minimum Gasteiger partial charge on any atom is -0.870 e. The van der Waals surface area contributed by atoms with E-state index in [1.54, 1.807) is 12.1 Å². The van der Waals surface area contributed by atoms with Crippen LogP contribution in [0.15, 0.2) is 60.7 Å². The number of aliphatic hydroxyl groups is 1. The first-order chi connectivity index (χ1) is 36.7. The number of nitrogens with zero attached hydrogens (tertiary/aromatic N) is 4. The summed E-state index contributed by atoms with van der Waals surface area (Å²) in [4.78, 5) is 39.1. The summed E-state index contributed by atoms with van der Waals surface area (Å²) in [6.07, 6.45) is 18.9. The molecule has 4 saturated heterocycles. The number of likely N-dealkylation sites (tertiary alicyclic amines) is 2. The molecule has 3 N–H and O–H groups in total. The molecular weight excluding hydrogens is 982 g/mol. The third kappa shape index (κ3) is 16.9. The molecule has 0 bridgehead atoms. The number of carbonyl (C=O) groups is 2. The smallest absolute Gasteiger partial charge is 0.870 e. The number of aliphatic hydroxyl groups excluding tert-OH is 1. The first-order valence-electron chi connectivity index (χ1n) is 27.9. The van der Waals surface area contributed by atoms with Gasteiger partial charge in [-0.2, -0.15) is 0 Å². The third-order valence-electron chi connectivity index (χ3n) is 16.0. The Bertz CT molecular complexity index is 2480. The van der Waals surface area contributed by atoms with E-state index in [1.807, 2.05) is 4.90 Å². The van der Waals surface area contributed by atoms with Crippen LogP contribution in [-0.2, 0) is 71.8 Å². The molecule has 2 aliphatic carbocycles. The number of aliphatic carboxylic acids is 1. The number of pyridine rings is 2. The number of unbranched alkanes of at least 4 members (excludes halogenated alkanes) is 2. The second-order valence-electron chi connectivity index (χ2n) is 21.0. The molecule has 6 atom stereocenters. The number of benzene rings is 2. The molecule has 2 aromatic heterocycles. The molecular formula is C60H81F2LiN4O10. The number of rotatable bonds is 20. The Balaban J connectivity index is 0.000000236. The monoisotopic (exact) mass is 1060 g/mol. The summed E-state index contributed by atoms with van der Waals surface area (Å²) in [5.74, 6) is -1.77. The van der Waals surface area contributed by atoms with Crippen LogP contribution in [0.2, 0.25) is 0 Å². The third-order valence-corrected chi connectivity index (χ3v) is 16.0. The molecule has 14 nitrogen and oxygen atoms in total. The summed E-state index contributed by atoms with van der Waals surface area (Å²) in [5, 5.41) is 17.1. The van der Waals surface area contributed by atoms with E-state index < -0.39 is 23.9 Å². The number of carboxylic acids is 1. The SMILES string of the molecule is CO.COC(=O)C(c1cc(F)ccc1C1CCOC1)N1CC[C@@H](OCCCCc2ccc3c(n2)CCCC3)C1.O=C(O)C(c1cc(F)ccc1C1CCOC1)N1CC[C@@H](OCCCCc2ccc3c(n2)CCCC3)C1.[Li+].[OH-]. The minimum absolute atomic E-state index is 0. The Morgan fingerprint density at radius 3 is 1.55 bits per heavy atom. The molecule has 0 radical (unpaired) electrons. The predicted molar refractivity (Wildman–Crippen MR) is 284 cm³/mol. The van der Waals surface area contributed by atoms with Crippen molar-refractivity contribution in [3.05, 3.63) is 128 Å². The van der Waals surface area contributed by atoms with Crippen molar-refractivity contribution in [2.45, 2.75) is 152 Å². The maximum absolute atomic E-state index is 14.3. The zero-order valence-electron chi connectivity index (χ0n) is 45.8. The van der Waals surface area contributed by atoms with E-state index in [0.29, 0.717) is 76.9 Å². The van der Waals surface area contributed by atoms with Gasteiger partial charge in [0.05, 0.1) is 32.5 Å². The second-order valence-corrected chi connectivity index (χ2v) is 21.0. The molecule has 4 aliphatic heterocycles. The molecule has 0 amide bonds. The van der Waals surface area contributed by atoms with Gasteiger partial charge in [-0.1, -0.05) is 24.3 Å². The quantitative estimate of drug-likeness (QED) is 0.0579. The van der Waals surface area contributed by atoms with Gasteiger partial charge in [0.25, 0.3) is 0 Å². The van der Waals surface area contributed by atoms with E-state index in [9.17, 15) is 23.5 Å². The standard InChI is InChI=1S/C30H39FN2O4.C29H37FN2O4.CH4O.Li.H2O/c1-35-30(34)29(27-18-23(31)10-12-26(27)22-14-17-36-20-22)33-15-13-25(19-33)37-16-5-4-7-24-11-9-21-6-2-3-8-28(21)32-24;30-22-9-11-25(21-13-16-35-19-21)26(17-22)28(29(33)34)32-14-12-24(18-32)36-15-4-3-6-23-10-8-20-5-1-2-7-27(20)31-23;1-2;;/h9-12,18,22,25,29H,2-8,13-17,19-20H2,1H3;8-11,17,21,24,28H,1-7,12-16,18-19H2,(H,33,34);2H,1H3;;1H2/q;;;+1;/p-1/t22?,25-,29?;21?,24-,28?;;;/m11.../s1. The number of hydrogen-bond donors (Lipinski definition) is 2. The average molecular weight is 1060 g/mol. The molecule has 77 heavy (non-hydrogen) atoms. The predicted octanol–water partition coefficient (Wildman–Crippen LogP) is 6.21. The van der Waals surface area contributed by atoms with Gasteiger partial charge < -0.3 is 39.4 Å². The van der Waals surface area contributed by atoms with Crippen LogP contribution in [-0.4, -0.2) is 140 Å². The largest absolute Gasteiger partial charge is 1.00 e. The molecule has 6 aliphatic rings. The van der Waals surface area contributed by atoms with Crippen LogP contribution in [0.3, 0.4) is 0 Å². The summed E-state index contributed by atoms with van der Waals surface area (Å²) in [7, 11) is 2.40. The number of fused-ring (bicyclic) bond motifs is 2. The fourth-order valence-corrected chi connectivity index (χ4v) is 12.0. The minimum atomic E-state index is -0.945. The average Bonchev–Trinajstić information content (AvgIpc) is 4.31. The molecule has 17 heteroatoms. The normalized spacial score (nSPS) is 21.7. The second kappa shape index (κ2) is 31.6. The summed E-state index contributed by atoms with van der Waals surface area (Å²) in [6, 6.07) is 16.7. The van der Waals surface area contributed by atoms with Crippen molar-refractivity contribution in [3.63, 3.8) is 0 Å². The number of carbonyl (C=O) groups excluding carboxylic acids is 1. The summed E-state index contributed by atoms with van der Waals surface area (Å²) in [6.45, 7) is 6.34. The number of aryl methyl sites for hydroxylation is 6. The van der Waals surface area contributed by atoms with E-state index in [4.69, 9.17) is 38.8 Å². The van der Waals surface area contributed by atoms with Crippen LogP contribution in [0.25, 0.3) is 0 Å². The molecule has 0 saturated carbocycles. The first kappa shape index (κ1) is 62.0. The van der Waals surface area contributed by atoms with Gasteiger partial charge in [-0.15, -0.1) is 0 Å². The maximum atomic E-state index is 14.3. The van der Waals surface area contributed by atoms with Crippen molar-refractivity contribution in [2.75, 3.05) is 80.0 Å². The van der Waals surface area contributed by atoms with Crippen LogP contribution < -0.4 is 18.9 Å². The number of halogens is 2. The number of carboxylic acid groups (broad SMARTS) is 1. The van der Waals surface area contributed by atoms with Gasteiger partial charge in [-0.3, -0.25) is 24.6 Å². The van der Waals surface area contributed by atoms with Gasteiger partial charge in [0.2, 0.25) is 0 Å². The van der Waals surface area contributed by atoms with Crippen molar-refractivity contribution < 1.29 is 76.6 Å². The number of esters is 1. The van der Waals surface area contributed by atoms with E-state index >= 15 is 0 Å². The van der Waals surface area contributed by atoms with Gasteiger partial charge in [0.15, 0.2) is 0 Å². The molecule has 2 aromatic carbocycles. The summed E-state index contributed by atoms with van der Waals surface area (Å²) >= 11 is 0. The number of hydrogen-bond acceptors (Lipinski definition) is 13.